The topological polar surface area (TPSA) is 72.6 Å². The summed E-state index contributed by atoms with van der Waals surface area (Å²) in [6.45, 7) is 1.16. The average molecular weight is 326 g/mol. The number of benzene rings is 1. The van der Waals surface area contributed by atoms with Crippen molar-refractivity contribution in [1.29, 1.82) is 0 Å². The number of hydrogen-bond donors (Lipinski definition) is 1. The summed E-state index contributed by atoms with van der Waals surface area (Å²) >= 11 is 0. The summed E-state index contributed by atoms with van der Waals surface area (Å²) in [6, 6.07) is 3.06. The molecule has 5 nitrogen and oxygen atoms in total. The van der Waals surface area contributed by atoms with E-state index in [1.165, 1.54) is 12.1 Å². The largest absolute Gasteiger partial charge is 0.434 e. The minimum absolute atomic E-state index is 0.0882. The van der Waals surface area contributed by atoms with Gasteiger partial charge in [-0.3, -0.25) is 9.59 Å². The number of likely N-dealkylation sites (tertiary alicyclic amines) is 1. The number of carbonyl (C=O) groups excluding carboxylic acids is 2. The summed E-state index contributed by atoms with van der Waals surface area (Å²) in [5, 5.41) is 0. The maximum absolute atomic E-state index is 12.6. The Morgan fingerprint density at radius 1 is 1.30 bits per heavy atom. The number of alkyl halides is 2. The van der Waals surface area contributed by atoms with E-state index in [4.69, 9.17) is 5.73 Å². The van der Waals surface area contributed by atoms with Crippen molar-refractivity contribution in [3.63, 3.8) is 0 Å². The predicted molar refractivity (Wildman–Crippen MR) is 80.4 cm³/mol. The molecule has 0 aromatic heterocycles. The molecule has 0 aliphatic carbocycles. The quantitative estimate of drug-likeness (QED) is 0.922. The molecule has 1 atom stereocenters. The summed E-state index contributed by atoms with van der Waals surface area (Å²) in [5.74, 6) is -0.886. The van der Waals surface area contributed by atoms with Gasteiger partial charge in [0.1, 0.15) is 5.75 Å². The molecule has 1 fully saturated rings. The highest BCUT2D eigenvalue weighted by molar-refractivity contribution is 5.95. The van der Waals surface area contributed by atoms with E-state index in [1.54, 1.807) is 18.7 Å². The van der Waals surface area contributed by atoms with Crippen molar-refractivity contribution in [2.45, 2.75) is 33.3 Å². The van der Waals surface area contributed by atoms with E-state index in [-0.39, 0.29) is 17.6 Å². The molecule has 1 aromatic carbocycles. The van der Waals surface area contributed by atoms with E-state index in [9.17, 15) is 18.4 Å². The van der Waals surface area contributed by atoms with Crippen LogP contribution in [0, 0.1) is 19.8 Å². The highest BCUT2D eigenvalue weighted by Crippen LogP contribution is 2.28. The van der Waals surface area contributed by atoms with Crippen LogP contribution in [0.2, 0.25) is 0 Å². The molecule has 2 amide bonds. The van der Waals surface area contributed by atoms with Gasteiger partial charge in [0, 0.05) is 18.7 Å². The van der Waals surface area contributed by atoms with Crippen LogP contribution in [0.5, 0.6) is 5.75 Å². The Labute approximate surface area is 133 Å². The first-order valence-electron chi connectivity index (χ1n) is 7.44. The number of ether oxygens (including phenoxy) is 1. The Morgan fingerprint density at radius 2 is 1.91 bits per heavy atom. The van der Waals surface area contributed by atoms with Crippen LogP contribution < -0.4 is 10.5 Å². The molecule has 2 N–H and O–H groups in total. The summed E-state index contributed by atoms with van der Waals surface area (Å²) in [6.07, 6.45) is 1.39. The van der Waals surface area contributed by atoms with E-state index < -0.39 is 12.5 Å². The lowest BCUT2D eigenvalue weighted by atomic mass is 9.96. The molecule has 0 spiro atoms. The number of carbonyl (C=O) groups is 2. The zero-order valence-corrected chi connectivity index (χ0v) is 13.1. The van der Waals surface area contributed by atoms with Crippen LogP contribution in [0.4, 0.5) is 8.78 Å². The summed E-state index contributed by atoms with van der Waals surface area (Å²) in [4.78, 5) is 25.5. The minimum atomic E-state index is -2.91. The van der Waals surface area contributed by atoms with Gasteiger partial charge in [0.2, 0.25) is 5.91 Å². The molecule has 0 bridgehead atoms. The third-order valence-electron chi connectivity index (χ3n) is 4.03. The van der Waals surface area contributed by atoms with Gasteiger partial charge in [0.15, 0.2) is 0 Å². The Bertz CT molecular complexity index is 596. The van der Waals surface area contributed by atoms with Crippen LogP contribution in [0.3, 0.4) is 0 Å². The number of amides is 2. The van der Waals surface area contributed by atoms with Crippen LogP contribution in [0.15, 0.2) is 12.1 Å². The number of hydrogen-bond acceptors (Lipinski definition) is 3. The van der Waals surface area contributed by atoms with E-state index in [2.05, 4.69) is 4.74 Å². The van der Waals surface area contributed by atoms with E-state index in [1.807, 2.05) is 0 Å². The number of rotatable bonds is 4. The predicted octanol–water partition coefficient (Wildman–Crippen LogP) is 2.24. The molecular weight excluding hydrogens is 306 g/mol. The van der Waals surface area contributed by atoms with Gasteiger partial charge in [0.05, 0.1) is 5.92 Å². The average Bonchev–Trinajstić information content (AvgIpc) is 2.49. The number of nitrogens with zero attached hydrogens (tertiary/aromatic N) is 1. The molecule has 1 saturated heterocycles. The van der Waals surface area contributed by atoms with E-state index in [0.29, 0.717) is 42.6 Å². The van der Waals surface area contributed by atoms with E-state index >= 15 is 0 Å². The molecule has 1 heterocycles. The Kier molecular flexibility index (Phi) is 5.18. The first-order valence-corrected chi connectivity index (χ1v) is 7.44. The van der Waals surface area contributed by atoms with Crippen molar-refractivity contribution in [1.82, 2.24) is 4.90 Å². The van der Waals surface area contributed by atoms with Gasteiger partial charge >= 0.3 is 6.61 Å². The van der Waals surface area contributed by atoms with Gasteiger partial charge in [-0.15, -0.1) is 0 Å². The van der Waals surface area contributed by atoms with Crippen molar-refractivity contribution in [3.8, 4) is 5.75 Å². The van der Waals surface area contributed by atoms with Crippen molar-refractivity contribution in [3.05, 3.63) is 28.8 Å². The third kappa shape index (κ3) is 3.97. The minimum Gasteiger partial charge on any atom is -0.434 e. The van der Waals surface area contributed by atoms with Gasteiger partial charge in [-0.05, 0) is 49.9 Å². The first kappa shape index (κ1) is 17.2. The standard InChI is InChI=1S/C16H20F2N2O3/c1-9-6-12(7-10(2)13(9)23-16(17)18)15(22)20-5-3-4-11(8-20)14(19)21/h6-7,11,16H,3-5,8H2,1-2H3,(H2,19,21)/t11-/m1/s1. The van der Waals surface area contributed by atoms with Gasteiger partial charge in [0.25, 0.3) is 5.91 Å². The zero-order valence-electron chi connectivity index (χ0n) is 13.1. The number of piperidine rings is 1. The van der Waals surface area contributed by atoms with Gasteiger partial charge in [-0.1, -0.05) is 0 Å². The molecule has 1 aliphatic rings. The lowest BCUT2D eigenvalue weighted by Gasteiger charge is -2.31. The van der Waals surface area contributed by atoms with Gasteiger partial charge < -0.3 is 15.4 Å². The smallest absolute Gasteiger partial charge is 0.387 e. The first-order chi connectivity index (χ1) is 10.8. The highest BCUT2D eigenvalue weighted by atomic mass is 19.3. The lowest BCUT2D eigenvalue weighted by molar-refractivity contribution is -0.123. The summed E-state index contributed by atoms with van der Waals surface area (Å²) in [5.41, 5.74) is 6.65. The molecule has 7 heteroatoms. The molecule has 2 rings (SSSR count). The SMILES string of the molecule is Cc1cc(C(=O)N2CCC[C@@H](C(N)=O)C2)cc(C)c1OC(F)F. The van der Waals surface area contributed by atoms with Crippen LogP contribution in [-0.2, 0) is 4.79 Å². The number of primary amides is 1. The molecular formula is C16H20F2N2O3. The van der Waals surface area contributed by atoms with Crippen molar-refractivity contribution in [2.75, 3.05) is 13.1 Å². The summed E-state index contributed by atoms with van der Waals surface area (Å²) < 4.78 is 29.3. The van der Waals surface area contributed by atoms with Gasteiger partial charge in [-0.25, -0.2) is 0 Å². The summed E-state index contributed by atoms with van der Waals surface area (Å²) in [7, 11) is 0. The maximum atomic E-state index is 12.6. The number of nitrogens with two attached hydrogens (primary N) is 1. The highest BCUT2D eigenvalue weighted by Gasteiger charge is 2.28. The van der Waals surface area contributed by atoms with Crippen LogP contribution >= 0.6 is 0 Å². The zero-order chi connectivity index (χ0) is 17.1. The van der Waals surface area contributed by atoms with Crippen molar-refractivity contribution >= 4 is 11.8 Å². The monoisotopic (exact) mass is 326 g/mol. The van der Waals surface area contributed by atoms with Crippen LogP contribution in [-0.4, -0.2) is 36.4 Å². The Balaban J connectivity index is 2.21. The van der Waals surface area contributed by atoms with Crippen LogP contribution in [0.25, 0.3) is 0 Å². The number of halogens is 2. The third-order valence-corrected chi connectivity index (χ3v) is 4.03. The van der Waals surface area contributed by atoms with Crippen LogP contribution in [0.1, 0.15) is 34.3 Å². The fourth-order valence-corrected chi connectivity index (χ4v) is 2.93. The molecule has 0 saturated carbocycles. The van der Waals surface area contributed by atoms with E-state index in [0.717, 1.165) is 0 Å². The molecule has 0 unspecified atom stereocenters. The second-order valence-electron chi connectivity index (χ2n) is 5.81. The molecule has 1 aromatic rings. The second-order valence-corrected chi connectivity index (χ2v) is 5.81. The number of aryl methyl sites for hydroxylation is 2. The molecule has 126 valence electrons. The molecule has 1 aliphatic heterocycles. The molecule has 0 radical (unpaired) electrons. The molecule has 23 heavy (non-hydrogen) atoms. The Hall–Kier alpha value is -2.18. The van der Waals surface area contributed by atoms with Crippen molar-refractivity contribution in [2.24, 2.45) is 11.7 Å². The normalized spacial score (nSPS) is 18.1. The fourth-order valence-electron chi connectivity index (χ4n) is 2.93. The lowest BCUT2D eigenvalue weighted by Crippen LogP contribution is -2.44. The van der Waals surface area contributed by atoms with Gasteiger partial charge in [-0.2, -0.15) is 8.78 Å². The fraction of sp³-hybridized carbons (Fsp3) is 0.500. The van der Waals surface area contributed by atoms with Crippen molar-refractivity contribution < 1.29 is 23.1 Å². The second kappa shape index (κ2) is 6.93. The maximum Gasteiger partial charge on any atom is 0.387 e. The Morgan fingerprint density at radius 3 is 2.43 bits per heavy atom.